The van der Waals surface area contributed by atoms with Gasteiger partial charge in [-0.05, 0) is 30.3 Å². The number of hydrogen-bond donors (Lipinski definition) is 0. The molecule has 1 aromatic heterocycles. The van der Waals surface area contributed by atoms with E-state index in [1.54, 1.807) is 37.3 Å². The predicted molar refractivity (Wildman–Crippen MR) is 123 cm³/mol. The van der Waals surface area contributed by atoms with Crippen LogP contribution in [-0.2, 0) is 4.74 Å². The fraction of sp³-hybridized carbons (Fsp3) is 0.364. The first-order valence-electron chi connectivity index (χ1n) is 9.99. The number of morpholine rings is 1. The number of anilines is 1. The molecule has 0 saturated carbocycles. The molecule has 4 rings (SSSR count). The number of amides is 1. The van der Waals surface area contributed by atoms with E-state index in [-0.39, 0.29) is 5.91 Å². The minimum Gasteiger partial charge on any atom is -0.493 e. The van der Waals surface area contributed by atoms with Crippen LogP contribution in [0.15, 0.2) is 36.4 Å². The van der Waals surface area contributed by atoms with E-state index in [1.165, 1.54) is 11.3 Å². The van der Waals surface area contributed by atoms with Gasteiger partial charge >= 0.3 is 0 Å². The number of methoxy groups -OCH3 is 2. The molecule has 9 heteroatoms. The third-order valence-electron chi connectivity index (χ3n) is 5.21. The lowest BCUT2D eigenvalue weighted by atomic mass is 10.1. The summed E-state index contributed by atoms with van der Waals surface area (Å²) in [4.78, 5) is 22.3. The second-order valence-corrected chi connectivity index (χ2v) is 8.48. The first-order valence-corrected chi connectivity index (χ1v) is 11.2. The summed E-state index contributed by atoms with van der Waals surface area (Å²) in [7, 11) is 3.12. The highest BCUT2D eigenvalue weighted by Gasteiger charge is 2.24. The fourth-order valence-corrected chi connectivity index (χ4v) is 4.78. The van der Waals surface area contributed by atoms with Crippen LogP contribution in [-0.4, -0.2) is 69.4 Å². The van der Waals surface area contributed by atoms with Gasteiger partial charge in [-0.25, -0.2) is 4.98 Å². The molecule has 31 heavy (non-hydrogen) atoms. The molecule has 0 atom stereocenters. The van der Waals surface area contributed by atoms with Crippen LogP contribution in [0.2, 0.25) is 5.02 Å². The largest absolute Gasteiger partial charge is 0.493 e. The van der Waals surface area contributed by atoms with Crippen LogP contribution < -0.4 is 14.4 Å². The van der Waals surface area contributed by atoms with Crippen LogP contribution in [0.4, 0.5) is 5.13 Å². The Balaban J connectivity index is 1.66. The van der Waals surface area contributed by atoms with E-state index >= 15 is 0 Å². The van der Waals surface area contributed by atoms with Gasteiger partial charge in [-0.15, -0.1) is 0 Å². The van der Waals surface area contributed by atoms with E-state index in [0.29, 0.717) is 52.5 Å². The standard InChI is InChI=1S/C22H24ClN3O4S/c1-28-17-7-6-15(14-18(17)29-2)21(27)26(9-8-25-10-12-30-13-11-25)22-24-20-16(23)4-3-5-19(20)31-22/h3-7,14H,8-13H2,1-2H3. The maximum atomic E-state index is 13.6. The Morgan fingerprint density at radius 1 is 1.19 bits per heavy atom. The van der Waals surface area contributed by atoms with Gasteiger partial charge in [0, 0.05) is 31.7 Å². The third kappa shape index (κ3) is 4.77. The van der Waals surface area contributed by atoms with Crippen molar-refractivity contribution in [1.29, 1.82) is 0 Å². The van der Waals surface area contributed by atoms with Crippen molar-refractivity contribution >= 4 is 44.2 Å². The molecule has 0 spiro atoms. The van der Waals surface area contributed by atoms with Gasteiger partial charge in [0.25, 0.3) is 5.91 Å². The van der Waals surface area contributed by atoms with Gasteiger partial charge in [0.15, 0.2) is 16.6 Å². The molecule has 0 aliphatic carbocycles. The molecule has 1 amide bonds. The fourth-order valence-electron chi connectivity index (χ4n) is 3.49. The second kappa shape index (κ2) is 9.82. The first kappa shape index (κ1) is 21.8. The molecule has 164 valence electrons. The maximum Gasteiger partial charge on any atom is 0.260 e. The molecule has 0 N–H and O–H groups in total. The summed E-state index contributed by atoms with van der Waals surface area (Å²) in [5.41, 5.74) is 1.21. The van der Waals surface area contributed by atoms with E-state index in [0.717, 1.165) is 24.3 Å². The molecule has 1 fully saturated rings. The number of fused-ring (bicyclic) bond motifs is 1. The van der Waals surface area contributed by atoms with Crippen LogP contribution in [0.3, 0.4) is 0 Å². The number of para-hydroxylation sites is 1. The number of hydrogen-bond acceptors (Lipinski definition) is 7. The summed E-state index contributed by atoms with van der Waals surface area (Å²) in [6, 6.07) is 10.8. The van der Waals surface area contributed by atoms with Crippen molar-refractivity contribution in [2.45, 2.75) is 0 Å². The number of ether oxygens (including phenoxy) is 3. The van der Waals surface area contributed by atoms with Gasteiger partial charge in [0.05, 0.1) is 37.2 Å². The molecule has 2 aromatic carbocycles. The molecule has 0 bridgehead atoms. The minimum atomic E-state index is -0.149. The van der Waals surface area contributed by atoms with Crippen LogP contribution >= 0.6 is 22.9 Å². The van der Waals surface area contributed by atoms with Crippen molar-refractivity contribution in [3.8, 4) is 11.5 Å². The summed E-state index contributed by atoms with van der Waals surface area (Å²) >= 11 is 7.79. The number of rotatable bonds is 7. The SMILES string of the molecule is COc1ccc(C(=O)N(CCN2CCOCC2)c2nc3c(Cl)cccc3s2)cc1OC. The molecular formula is C22H24ClN3O4S. The molecule has 0 radical (unpaired) electrons. The molecule has 3 aromatic rings. The Morgan fingerprint density at radius 2 is 1.97 bits per heavy atom. The summed E-state index contributed by atoms with van der Waals surface area (Å²) in [6.45, 7) is 4.35. The Kier molecular flexibility index (Phi) is 6.92. The van der Waals surface area contributed by atoms with Crippen molar-refractivity contribution in [2.75, 3.05) is 58.5 Å². The summed E-state index contributed by atoms with van der Waals surface area (Å²) < 4.78 is 17.1. The van der Waals surface area contributed by atoms with Crippen LogP contribution in [0.1, 0.15) is 10.4 Å². The van der Waals surface area contributed by atoms with Gasteiger partial charge in [-0.1, -0.05) is 29.0 Å². The highest BCUT2D eigenvalue weighted by atomic mass is 35.5. The topological polar surface area (TPSA) is 64.1 Å². The Bertz CT molecular complexity index is 1070. The van der Waals surface area contributed by atoms with Crippen molar-refractivity contribution in [3.05, 3.63) is 47.0 Å². The smallest absolute Gasteiger partial charge is 0.260 e. The number of nitrogens with zero attached hydrogens (tertiary/aromatic N) is 3. The van der Waals surface area contributed by atoms with Crippen LogP contribution in [0.5, 0.6) is 11.5 Å². The zero-order chi connectivity index (χ0) is 21.8. The highest BCUT2D eigenvalue weighted by Crippen LogP contribution is 2.34. The number of benzene rings is 2. The Labute approximate surface area is 190 Å². The molecule has 0 unspecified atom stereocenters. The zero-order valence-electron chi connectivity index (χ0n) is 17.5. The number of thiazole rings is 1. The van der Waals surface area contributed by atoms with Gasteiger partial charge in [-0.3, -0.25) is 14.6 Å². The predicted octanol–water partition coefficient (Wildman–Crippen LogP) is 3.95. The van der Waals surface area contributed by atoms with E-state index in [2.05, 4.69) is 4.90 Å². The Morgan fingerprint density at radius 3 is 2.68 bits per heavy atom. The lowest BCUT2D eigenvalue weighted by Gasteiger charge is -2.29. The quantitative estimate of drug-likeness (QED) is 0.531. The van der Waals surface area contributed by atoms with E-state index in [1.807, 2.05) is 18.2 Å². The monoisotopic (exact) mass is 461 g/mol. The number of aromatic nitrogens is 1. The highest BCUT2D eigenvalue weighted by molar-refractivity contribution is 7.22. The normalized spacial score (nSPS) is 14.5. The minimum absolute atomic E-state index is 0.149. The van der Waals surface area contributed by atoms with Crippen molar-refractivity contribution in [3.63, 3.8) is 0 Å². The van der Waals surface area contributed by atoms with Crippen molar-refractivity contribution in [2.24, 2.45) is 0 Å². The molecule has 1 aliphatic heterocycles. The lowest BCUT2D eigenvalue weighted by Crippen LogP contribution is -2.43. The van der Waals surface area contributed by atoms with Crippen molar-refractivity contribution in [1.82, 2.24) is 9.88 Å². The average molecular weight is 462 g/mol. The van der Waals surface area contributed by atoms with Crippen molar-refractivity contribution < 1.29 is 19.0 Å². The molecule has 1 saturated heterocycles. The van der Waals surface area contributed by atoms with Crippen LogP contribution in [0.25, 0.3) is 10.2 Å². The average Bonchev–Trinajstić information content (AvgIpc) is 3.24. The zero-order valence-corrected chi connectivity index (χ0v) is 19.0. The third-order valence-corrected chi connectivity index (χ3v) is 6.56. The number of carbonyl (C=O) groups excluding carboxylic acids is 1. The van der Waals surface area contributed by atoms with Crippen LogP contribution in [0, 0.1) is 0 Å². The maximum absolute atomic E-state index is 13.6. The van der Waals surface area contributed by atoms with Gasteiger partial charge in [-0.2, -0.15) is 0 Å². The number of halogens is 1. The second-order valence-electron chi connectivity index (χ2n) is 7.06. The van der Waals surface area contributed by atoms with Gasteiger partial charge in [0.2, 0.25) is 0 Å². The van der Waals surface area contributed by atoms with E-state index < -0.39 is 0 Å². The van der Waals surface area contributed by atoms with E-state index in [9.17, 15) is 4.79 Å². The molecule has 7 nitrogen and oxygen atoms in total. The summed E-state index contributed by atoms with van der Waals surface area (Å²) in [5, 5.41) is 1.20. The van der Waals surface area contributed by atoms with Gasteiger partial charge < -0.3 is 14.2 Å². The molecular weight excluding hydrogens is 438 g/mol. The first-order chi connectivity index (χ1) is 15.1. The Hall–Kier alpha value is -2.39. The van der Waals surface area contributed by atoms with Gasteiger partial charge in [0.1, 0.15) is 5.52 Å². The molecule has 1 aliphatic rings. The number of carbonyl (C=O) groups is 1. The lowest BCUT2D eigenvalue weighted by molar-refractivity contribution is 0.0391. The summed E-state index contributed by atoms with van der Waals surface area (Å²) in [6.07, 6.45) is 0. The molecule has 2 heterocycles. The summed E-state index contributed by atoms with van der Waals surface area (Å²) in [5.74, 6) is 0.934. The van der Waals surface area contributed by atoms with E-state index in [4.69, 9.17) is 30.8 Å².